The smallest absolute Gasteiger partial charge is 0.222 e. The molecule has 1 amide bonds. The molecule has 6 nitrogen and oxygen atoms in total. The highest BCUT2D eigenvalue weighted by atomic mass is 32.1. The molecule has 0 aliphatic carbocycles. The first-order valence-corrected chi connectivity index (χ1v) is 7.60. The molecule has 0 radical (unpaired) electrons. The summed E-state index contributed by atoms with van der Waals surface area (Å²) in [5, 5.41) is 7.44. The second kappa shape index (κ2) is 5.63. The highest BCUT2D eigenvalue weighted by molar-refractivity contribution is 7.71. The van der Waals surface area contributed by atoms with Gasteiger partial charge in [0.15, 0.2) is 10.4 Å². The van der Waals surface area contributed by atoms with Crippen molar-refractivity contribution in [3.05, 3.63) is 10.5 Å². The molecule has 0 aromatic carbocycles. The third kappa shape index (κ3) is 3.34. The Morgan fingerprint density at radius 2 is 2.10 bits per heavy atom. The Labute approximate surface area is 129 Å². The van der Waals surface area contributed by atoms with Gasteiger partial charge in [0.25, 0.3) is 0 Å². The summed E-state index contributed by atoms with van der Waals surface area (Å²) in [6, 6.07) is 0. The number of nitrogens with one attached hydrogen (secondary N) is 2. The summed E-state index contributed by atoms with van der Waals surface area (Å²) in [4.78, 5) is 15.2. The number of carbonyl (C=O) groups excluding carboxylic acids is 1. The van der Waals surface area contributed by atoms with Gasteiger partial charge in [-0.25, -0.2) is 4.68 Å². The number of H-pyrrole nitrogens is 1. The summed E-state index contributed by atoms with van der Waals surface area (Å²) >= 11 is 5.37. The third-order valence-electron chi connectivity index (χ3n) is 3.21. The molecule has 2 aromatic heterocycles. The number of hydrogen-bond acceptors (Lipinski definition) is 3. The van der Waals surface area contributed by atoms with Crippen molar-refractivity contribution >= 4 is 29.3 Å². The fourth-order valence-corrected chi connectivity index (χ4v) is 2.66. The maximum Gasteiger partial charge on any atom is 0.222 e. The lowest BCUT2D eigenvalue weighted by Gasteiger charge is -2.20. The molecule has 0 aliphatic rings. The van der Waals surface area contributed by atoms with E-state index in [2.05, 4.69) is 15.4 Å². The van der Waals surface area contributed by atoms with Gasteiger partial charge in [0, 0.05) is 25.0 Å². The predicted molar refractivity (Wildman–Crippen MR) is 85.8 cm³/mol. The monoisotopic (exact) mass is 309 g/mol. The van der Waals surface area contributed by atoms with Crippen molar-refractivity contribution in [3.8, 4) is 0 Å². The van der Waals surface area contributed by atoms with Gasteiger partial charge in [-0.15, -0.1) is 0 Å². The number of rotatable bonds is 4. The van der Waals surface area contributed by atoms with Crippen molar-refractivity contribution in [2.24, 2.45) is 0 Å². The largest absolute Gasteiger partial charge is 0.351 e. The average Bonchev–Trinajstić information content (AvgIpc) is 2.82. The van der Waals surface area contributed by atoms with Gasteiger partial charge in [0.05, 0.1) is 5.69 Å². The Balaban J connectivity index is 2.25. The number of fused-ring (bicyclic) bond motifs is 1. The van der Waals surface area contributed by atoms with E-state index in [0.29, 0.717) is 17.7 Å². The highest BCUT2D eigenvalue weighted by Gasteiger charge is 2.17. The molecule has 0 aliphatic heterocycles. The van der Waals surface area contributed by atoms with E-state index >= 15 is 0 Å². The Hall–Kier alpha value is -1.63. The van der Waals surface area contributed by atoms with E-state index < -0.39 is 0 Å². The lowest BCUT2D eigenvalue weighted by Crippen LogP contribution is -2.40. The minimum absolute atomic E-state index is 0.0260. The van der Waals surface area contributed by atoms with Crippen LogP contribution < -0.4 is 5.32 Å². The molecule has 0 unspecified atom stereocenters. The molecule has 0 bridgehead atoms. The number of carbonyl (C=O) groups is 1. The number of aromatic amines is 1. The maximum atomic E-state index is 12.0. The standard InChI is InChI=1S/C14H23N5OS/c1-6-19-12-11(9(2)17-19)15-13(21)18(12)8-7-10(20)16-14(3,4)5/h6-8H2,1-5H3,(H,15,21)(H,16,20). The molecule has 21 heavy (non-hydrogen) atoms. The van der Waals surface area contributed by atoms with Crippen molar-refractivity contribution < 1.29 is 4.79 Å². The van der Waals surface area contributed by atoms with Crippen LogP contribution in [0, 0.1) is 11.7 Å². The highest BCUT2D eigenvalue weighted by Crippen LogP contribution is 2.18. The lowest BCUT2D eigenvalue weighted by molar-refractivity contribution is -0.122. The third-order valence-corrected chi connectivity index (χ3v) is 3.53. The van der Waals surface area contributed by atoms with Gasteiger partial charge >= 0.3 is 0 Å². The van der Waals surface area contributed by atoms with Crippen LogP contribution in [-0.2, 0) is 17.9 Å². The number of amides is 1. The molecule has 2 heterocycles. The van der Waals surface area contributed by atoms with Crippen LogP contribution in [0.15, 0.2) is 0 Å². The second-order valence-electron chi connectivity index (χ2n) is 6.23. The van der Waals surface area contributed by atoms with Gasteiger partial charge < -0.3 is 14.9 Å². The molecular weight excluding hydrogens is 286 g/mol. The second-order valence-corrected chi connectivity index (χ2v) is 6.62. The van der Waals surface area contributed by atoms with Crippen molar-refractivity contribution in [1.82, 2.24) is 24.6 Å². The summed E-state index contributed by atoms with van der Waals surface area (Å²) in [5.41, 5.74) is 2.63. The minimum Gasteiger partial charge on any atom is -0.351 e. The normalized spacial score (nSPS) is 12.0. The summed E-state index contributed by atoms with van der Waals surface area (Å²) < 4.78 is 4.51. The van der Waals surface area contributed by atoms with Crippen LogP contribution in [0.5, 0.6) is 0 Å². The number of imidazole rings is 1. The van der Waals surface area contributed by atoms with Crippen LogP contribution >= 0.6 is 12.2 Å². The quantitative estimate of drug-likeness (QED) is 0.853. The lowest BCUT2D eigenvalue weighted by atomic mass is 10.1. The van der Waals surface area contributed by atoms with Crippen LogP contribution in [-0.4, -0.2) is 30.8 Å². The maximum absolute atomic E-state index is 12.0. The van der Waals surface area contributed by atoms with Crippen molar-refractivity contribution in [2.45, 2.75) is 59.7 Å². The number of hydrogen-bond donors (Lipinski definition) is 2. The molecule has 0 saturated carbocycles. The summed E-state index contributed by atoms with van der Waals surface area (Å²) in [6.07, 6.45) is 0.395. The van der Waals surface area contributed by atoms with E-state index in [1.807, 2.05) is 43.9 Å². The molecule has 0 fully saturated rings. The van der Waals surface area contributed by atoms with Crippen LogP contribution in [0.25, 0.3) is 11.2 Å². The topological polar surface area (TPSA) is 67.6 Å². The van der Waals surface area contributed by atoms with Gasteiger partial charge in [-0.2, -0.15) is 5.10 Å². The first-order valence-electron chi connectivity index (χ1n) is 7.20. The summed E-state index contributed by atoms with van der Waals surface area (Å²) in [7, 11) is 0. The van der Waals surface area contributed by atoms with E-state index in [-0.39, 0.29) is 11.4 Å². The van der Waals surface area contributed by atoms with Crippen LogP contribution in [0.1, 0.15) is 39.8 Å². The molecule has 2 rings (SSSR count). The zero-order valence-electron chi connectivity index (χ0n) is 13.3. The van der Waals surface area contributed by atoms with E-state index in [0.717, 1.165) is 23.4 Å². The molecular formula is C14H23N5OS. The molecule has 2 aromatic rings. The summed E-state index contributed by atoms with van der Waals surface area (Å²) in [5.74, 6) is 0.0260. The van der Waals surface area contributed by atoms with Gasteiger partial charge in [0.2, 0.25) is 5.91 Å². The zero-order chi connectivity index (χ0) is 15.8. The minimum atomic E-state index is -0.214. The van der Waals surface area contributed by atoms with Gasteiger partial charge in [0.1, 0.15) is 5.52 Å². The van der Waals surface area contributed by atoms with Gasteiger partial charge in [-0.1, -0.05) is 0 Å². The number of aromatic nitrogens is 4. The van der Waals surface area contributed by atoms with Crippen molar-refractivity contribution in [3.63, 3.8) is 0 Å². The van der Waals surface area contributed by atoms with Gasteiger partial charge in [-0.05, 0) is 46.8 Å². The molecule has 116 valence electrons. The Bertz CT molecular complexity index is 716. The van der Waals surface area contributed by atoms with E-state index in [1.165, 1.54) is 0 Å². The molecule has 0 saturated heterocycles. The molecule has 0 atom stereocenters. The fraction of sp³-hybridized carbons (Fsp3) is 0.643. The van der Waals surface area contributed by atoms with Crippen molar-refractivity contribution in [2.75, 3.05) is 0 Å². The molecule has 2 N–H and O–H groups in total. The SMILES string of the molecule is CCn1nc(C)c2[nH]c(=S)n(CCC(=O)NC(C)(C)C)c21. The van der Waals surface area contributed by atoms with Crippen LogP contribution in [0.2, 0.25) is 0 Å². The number of aryl methyl sites for hydroxylation is 3. The number of nitrogens with zero attached hydrogens (tertiary/aromatic N) is 3. The first kappa shape index (κ1) is 15.8. The Morgan fingerprint density at radius 3 is 2.67 bits per heavy atom. The van der Waals surface area contributed by atoms with Crippen LogP contribution in [0.3, 0.4) is 0 Å². The molecule has 0 spiro atoms. The first-order chi connectivity index (χ1) is 9.73. The van der Waals surface area contributed by atoms with E-state index in [1.54, 1.807) is 0 Å². The summed E-state index contributed by atoms with van der Waals surface area (Å²) in [6.45, 7) is 11.2. The van der Waals surface area contributed by atoms with Crippen LogP contribution in [0.4, 0.5) is 0 Å². The Kier molecular flexibility index (Phi) is 4.22. The van der Waals surface area contributed by atoms with Gasteiger partial charge in [-0.3, -0.25) is 4.79 Å². The predicted octanol–water partition coefficient (Wildman–Crippen LogP) is 2.53. The average molecular weight is 309 g/mol. The Morgan fingerprint density at radius 1 is 1.43 bits per heavy atom. The van der Waals surface area contributed by atoms with Crippen molar-refractivity contribution in [1.29, 1.82) is 0 Å². The fourth-order valence-electron chi connectivity index (χ4n) is 2.38. The molecule has 7 heteroatoms. The zero-order valence-corrected chi connectivity index (χ0v) is 14.1. The van der Waals surface area contributed by atoms with E-state index in [9.17, 15) is 4.79 Å². The van der Waals surface area contributed by atoms with E-state index in [4.69, 9.17) is 12.2 Å².